The van der Waals surface area contributed by atoms with Crippen molar-refractivity contribution in [3.05, 3.63) is 175 Å². The Balaban J connectivity index is 0.000000189. The molecular formula is C40H38N6O8S2. The third-order valence-electron chi connectivity index (χ3n) is 7.24. The van der Waals surface area contributed by atoms with Crippen molar-refractivity contribution in [2.45, 2.75) is 27.7 Å². The van der Waals surface area contributed by atoms with Crippen molar-refractivity contribution < 1.29 is 30.3 Å². The molecular weight excluding hydrogens is 757 g/mol. The summed E-state index contributed by atoms with van der Waals surface area (Å²) in [4.78, 5) is 37.8. The number of nitro groups is 2. The van der Waals surface area contributed by atoms with Gasteiger partial charge in [0.05, 0.1) is 32.6 Å². The first-order chi connectivity index (χ1) is 26.8. The minimum Gasteiger partial charge on any atom is -0.502 e. The summed E-state index contributed by atoms with van der Waals surface area (Å²) in [6.45, 7) is 7.92. The van der Waals surface area contributed by atoms with E-state index >= 15 is 0 Å². The van der Waals surface area contributed by atoms with Gasteiger partial charge in [-0.25, -0.2) is 0 Å². The Morgan fingerprint density at radius 1 is 0.500 bits per heavy atom. The van der Waals surface area contributed by atoms with Crippen LogP contribution in [0.3, 0.4) is 0 Å². The number of aryl methyl sites for hydroxylation is 4. The number of rotatable bonds is 5. The van der Waals surface area contributed by atoms with Crippen LogP contribution >= 0.6 is 22.7 Å². The number of nitrogens with zero attached hydrogens (tertiary/aromatic N) is 6. The molecule has 0 aliphatic rings. The molecule has 288 valence electrons. The Labute approximate surface area is 330 Å². The Kier molecular flexibility index (Phi) is 17.2. The number of hydrogen-bond acceptors (Lipinski definition) is 14. The average Bonchev–Trinajstić information content (AvgIpc) is 3.91. The number of phenolic OH excluding ortho intramolecular Hbond substituents is 4. The largest absolute Gasteiger partial charge is 0.502 e. The van der Waals surface area contributed by atoms with Crippen molar-refractivity contribution in [1.29, 1.82) is 0 Å². The van der Waals surface area contributed by atoms with Crippen molar-refractivity contribution >= 4 is 46.2 Å². The standard InChI is InChI=1S/C12H10N2.C8H12N2.C8H6S2.2C6H5NO4/c1(11-3-7-13-8-4-11)2-12-5-9-14-10-6-12;1-5-6(2)10-8(4)7(3)9-5;1-3-7(9-5-1)8-4-2-6-10-8;2*8-4-2-1-3-5(9)6(4)7(10)11/h1-10H;1-4H3;1-6H;2*1-3,8-9H/b2-1+;;;;. The van der Waals surface area contributed by atoms with E-state index in [0.29, 0.717) is 0 Å². The van der Waals surface area contributed by atoms with Gasteiger partial charge in [-0.15, -0.1) is 22.7 Å². The molecule has 0 aliphatic carbocycles. The topological polar surface area (TPSA) is 219 Å². The van der Waals surface area contributed by atoms with Gasteiger partial charge < -0.3 is 20.4 Å². The van der Waals surface area contributed by atoms with Gasteiger partial charge in [0.25, 0.3) is 0 Å². The lowest BCUT2D eigenvalue weighted by Crippen LogP contribution is -1.97. The monoisotopic (exact) mass is 794 g/mol. The third-order valence-corrected chi connectivity index (χ3v) is 9.17. The van der Waals surface area contributed by atoms with Crippen LogP contribution in [-0.2, 0) is 0 Å². The third kappa shape index (κ3) is 14.1. The van der Waals surface area contributed by atoms with E-state index < -0.39 is 44.2 Å². The summed E-state index contributed by atoms with van der Waals surface area (Å²) >= 11 is 3.58. The second kappa shape index (κ2) is 22.2. The fraction of sp³-hybridized carbons (Fsp3) is 0.100. The molecule has 56 heavy (non-hydrogen) atoms. The van der Waals surface area contributed by atoms with Gasteiger partial charge in [-0.1, -0.05) is 36.4 Å². The highest BCUT2D eigenvalue weighted by Crippen LogP contribution is 2.35. The molecule has 0 aliphatic heterocycles. The summed E-state index contributed by atoms with van der Waals surface area (Å²) in [5.41, 5.74) is 5.10. The quantitative estimate of drug-likeness (QED) is 0.0945. The first-order valence-electron chi connectivity index (χ1n) is 16.4. The van der Waals surface area contributed by atoms with E-state index in [2.05, 4.69) is 67.1 Å². The molecule has 0 bridgehead atoms. The highest BCUT2D eigenvalue weighted by atomic mass is 32.1. The number of thiophene rings is 2. The summed E-state index contributed by atoms with van der Waals surface area (Å²) in [6, 6.07) is 23.5. The molecule has 0 fully saturated rings. The molecule has 5 aromatic heterocycles. The summed E-state index contributed by atoms with van der Waals surface area (Å²) in [5.74, 6) is -2.13. The maximum absolute atomic E-state index is 10.1. The summed E-state index contributed by atoms with van der Waals surface area (Å²) in [5, 5.41) is 59.9. The molecule has 4 N–H and O–H groups in total. The number of nitro benzene ring substituents is 2. The van der Waals surface area contributed by atoms with Crippen molar-refractivity contribution in [1.82, 2.24) is 19.9 Å². The van der Waals surface area contributed by atoms with Crippen LogP contribution < -0.4 is 0 Å². The van der Waals surface area contributed by atoms with Gasteiger partial charge in [-0.3, -0.25) is 40.2 Å². The summed E-state index contributed by atoms with van der Waals surface area (Å²) in [6.07, 6.45) is 11.2. The zero-order chi connectivity index (χ0) is 41.0. The van der Waals surface area contributed by atoms with E-state index in [9.17, 15) is 20.2 Å². The molecule has 7 rings (SSSR count). The van der Waals surface area contributed by atoms with Gasteiger partial charge in [0, 0.05) is 34.5 Å². The van der Waals surface area contributed by atoms with E-state index in [0.717, 1.165) is 58.2 Å². The molecule has 5 heterocycles. The second-order valence-electron chi connectivity index (χ2n) is 11.2. The predicted molar refractivity (Wildman–Crippen MR) is 219 cm³/mol. The molecule has 0 atom stereocenters. The summed E-state index contributed by atoms with van der Waals surface area (Å²) < 4.78 is 0. The van der Waals surface area contributed by atoms with Crippen LogP contribution in [0.1, 0.15) is 33.9 Å². The van der Waals surface area contributed by atoms with Crippen molar-refractivity contribution in [2.24, 2.45) is 0 Å². The zero-order valence-corrected chi connectivity index (χ0v) is 32.3. The number of pyridine rings is 2. The predicted octanol–water partition coefficient (Wildman–Crippen LogP) is 9.85. The Morgan fingerprint density at radius 3 is 1.04 bits per heavy atom. The maximum Gasteiger partial charge on any atom is 0.351 e. The fourth-order valence-corrected chi connectivity index (χ4v) is 5.80. The number of phenols is 4. The maximum atomic E-state index is 10.1. The molecule has 7 aromatic rings. The molecule has 0 saturated carbocycles. The van der Waals surface area contributed by atoms with E-state index in [-0.39, 0.29) is 0 Å². The second-order valence-corrected chi connectivity index (χ2v) is 13.1. The first kappa shape index (κ1) is 43.4. The molecule has 0 unspecified atom stereocenters. The smallest absolute Gasteiger partial charge is 0.351 e. The minimum absolute atomic E-state index is 0.532. The van der Waals surface area contributed by atoms with E-state index in [1.807, 2.05) is 52.0 Å². The lowest BCUT2D eigenvalue weighted by Gasteiger charge is -2.01. The normalized spacial score (nSPS) is 9.93. The number of aromatic nitrogens is 4. The molecule has 2 aromatic carbocycles. The molecule has 0 amide bonds. The van der Waals surface area contributed by atoms with Gasteiger partial charge in [0.1, 0.15) is 0 Å². The lowest BCUT2D eigenvalue weighted by molar-refractivity contribution is -0.387. The van der Waals surface area contributed by atoms with Crippen LogP contribution in [0.4, 0.5) is 11.4 Å². The number of hydrogen-bond donors (Lipinski definition) is 4. The molecule has 16 heteroatoms. The molecule has 0 radical (unpaired) electrons. The van der Waals surface area contributed by atoms with Gasteiger partial charge >= 0.3 is 11.4 Å². The Bertz CT molecular complexity index is 2080. The summed E-state index contributed by atoms with van der Waals surface area (Å²) in [7, 11) is 0. The highest BCUT2D eigenvalue weighted by molar-refractivity contribution is 7.20. The van der Waals surface area contributed by atoms with E-state index in [4.69, 9.17) is 20.4 Å². The van der Waals surface area contributed by atoms with Gasteiger partial charge in [-0.05, 0) is 110 Å². The molecule has 0 spiro atoms. The Morgan fingerprint density at radius 2 is 0.804 bits per heavy atom. The lowest BCUT2D eigenvalue weighted by atomic mass is 10.2. The number of aromatic hydroxyl groups is 4. The highest BCUT2D eigenvalue weighted by Gasteiger charge is 2.18. The Hall–Kier alpha value is -7.04. The van der Waals surface area contributed by atoms with Crippen molar-refractivity contribution in [3.8, 4) is 32.8 Å². The van der Waals surface area contributed by atoms with Crippen LogP contribution in [0.5, 0.6) is 23.0 Å². The molecule has 0 saturated heterocycles. The van der Waals surface area contributed by atoms with Crippen molar-refractivity contribution in [2.75, 3.05) is 0 Å². The van der Waals surface area contributed by atoms with Crippen LogP contribution in [0.2, 0.25) is 0 Å². The van der Waals surface area contributed by atoms with Crippen LogP contribution in [0.25, 0.3) is 21.9 Å². The van der Waals surface area contributed by atoms with Crippen LogP contribution in [0.15, 0.2) is 120 Å². The van der Waals surface area contributed by atoms with E-state index in [1.54, 1.807) is 47.5 Å². The zero-order valence-electron chi connectivity index (χ0n) is 30.6. The average molecular weight is 795 g/mol. The van der Waals surface area contributed by atoms with Gasteiger partial charge in [0.2, 0.25) is 0 Å². The number of benzene rings is 2. The van der Waals surface area contributed by atoms with Crippen LogP contribution in [0, 0.1) is 47.9 Å². The first-order valence-corrected chi connectivity index (χ1v) is 18.2. The van der Waals surface area contributed by atoms with Crippen molar-refractivity contribution in [3.63, 3.8) is 0 Å². The molecule has 14 nitrogen and oxygen atoms in total. The number of para-hydroxylation sites is 2. The minimum atomic E-state index is -0.843. The van der Waals surface area contributed by atoms with Crippen LogP contribution in [-0.4, -0.2) is 50.2 Å². The van der Waals surface area contributed by atoms with Gasteiger partial charge in [0.15, 0.2) is 23.0 Å². The SMILES string of the molecule is C(=C\c1ccncc1)/c1ccncc1.Cc1nc(C)c(C)nc1C.O=[N+]([O-])c1c(O)cccc1O.O=[N+]([O-])c1c(O)cccc1O.c1csc(-c2cccs2)c1. The van der Waals surface area contributed by atoms with Gasteiger partial charge in [-0.2, -0.15) is 0 Å². The van der Waals surface area contributed by atoms with E-state index in [1.165, 1.54) is 21.9 Å². The fourth-order valence-electron chi connectivity index (χ4n) is 4.22.